The van der Waals surface area contributed by atoms with E-state index in [9.17, 15) is 0 Å². The summed E-state index contributed by atoms with van der Waals surface area (Å²) in [6.07, 6.45) is 30.4. The number of aliphatic imine (C=N–C) groups is 1. The van der Waals surface area contributed by atoms with E-state index in [0.717, 1.165) is 58.8 Å². The normalized spacial score (nSPS) is 31.4. The van der Waals surface area contributed by atoms with Crippen molar-refractivity contribution in [1.82, 2.24) is 0 Å². The second-order valence-electron chi connectivity index (χ2n) is 16.1. The van der Waals surface area contributed by atoms with Crippen molar-refractivity contribution in [1.29, 1.82) is 0 Å². The molecular weight excluding hydrogens is 639 g/mol. The molecule has 0 bridgehead atoms. The summed E-state index contributed by atoms with van der Waals surface area (Å²) in [6.45, 7) is 4.61. The molecule has 2 saturated carbocycles. The number of hydrogen-bond donors (Lipinski definition) is 0. The van der Waals surface area contributed by atoms with Gasteiger partial charge in [0.15, 0.2) is 0 Å². The molecule has 1 nitrogen and oxygen atoms in total. The molecule has 7 aliphatic rings. The minimum absolute atomic E-state index is 0.282. The Bertz CT molecular complexity index is 2290. The number of allylic oxidation sites excluding steroid dienone is 17. The van der Waals surface area contributed by atoms with E-state index in [4.69, 9.17) is 4.99 Å². The Balaban J connectivity index is 1.10. The highest BCUT2D eigenvalue weighted by Gasteiger charge is 2.55. The molecule has 3 aromatic rings. The maximum absolute atomic E-state index is 5.50. The quantitative estimate of drug-likeness (QED) is 0.254. The minimum Gasteiger partial charge on any atom is -0.248 e. The fraction of sp³-hybridized carbons (Fsp3) is 0.288. The van der Waals surface area contributed by atoms with Gasteiger partial charge in [-0.05, 0) is 121 Å². The average molecular weight is 684 g/mol. The van der Waals surface area contributed by atoms with Crippen molar-refractivity contribution in [3.8, 4) is 0 Å². The second kappa shape index (κ2) is 13.2. The van der Waals surface area contributed by atoms with Crippen LogP contribution in [0, 0.1) is 59.8 Å². The maximum Gasteiger partial charge on any atom is 0.0712 e. The van der Waals surface area contributed by atoms with Crippen LogP contribution in [0.4, 0.5) is 0 Å². The Morgan fingerprint density at radius 2 is 1.77 bits per heavy atom. The Morgan fingerprint density at radius 1 is 0.887 bits per heavy atom. The third-order valence-corrected chi connectivity index (χ3v) is 13.0. The molecule has 6 atom stereocenters. The van der Waals surface area contributed by atoms with E-state index in [1.165, 1.54) is 53.5 Å². The number of fused-ring (bicyclic) bond motifs is 5. The zero-order chi connectivity index (χ0) is 35.5. The van der Waals surface area contributed by atoms with E-state index < -0.39 is 0 Å². The first-order valence-corrected chi connectivity index (χ1v) is 19.9. The smallest absolute Gasteiger partial charge is 0.0712 e. The van der Waals surface area contributed by atoms with Gasteiger partial charge in [-0.1, -0.05) is 146 Å². The van der Waals surface area contributed by atoms with Crippen LogP contribution in [0.3, 0.4) is 0 Å². The zero-order valence-corrected chi connectivity index (χ0v) is 30.8. The van der Waals surface area contributed by atoms with Gasteiger partial charge in [0.05, 0.1) is 11.4 Å². The van der Waals surface area contributed by atoms with Gasteiger partial charge in [0.1, 0.15) is 0 Å². The van der Waals surface area contributed by atoms with Crippen molar-refractivity contribution in [3.05, 3.63) is 195 Å². The summed E-state index contributed by atoms with van der Waals surface area (Å²) < 4.78 is 0. The summed E-state index contributed by atoms with van der Waals surface area (Å²) in [5, 5.41) is 0. The van der Waals surface area contributed by atoms with Gasteiger partial charge in [0.25, 0.3) is 0 Å². The summed E-state index contributed by atoms with van der Waals surface area (Å²) in [4.78, 5) is 5.50. The molecule has 0 radical (unpaired) electrons. The van der Waals surface area contributed by atoms with Crippen LogP contribution in [-0.2, 0) is 0 Å². The molecule has 0 N–H and O–H groups in total. The van der Waals surface area contributed by atoms with Crippen molar-refractivity contribution < 1.29 is 0 Å². The van der Waals surface area contributed by atoms with Gasteiger partial charge in [0.2, 0.25) is 0 Å². The average Bonchev–Trinajstić information content (AvgIpc) is 3.97. The van der Waals surface area contributed by atoms with Crippen LogP contribution in [0.25, 0.3) is 16.8 Å². The van der Waals surface area contributed by atoms with Crippen LogP contribution >= 0.6 is 0 Å². The van der Waals surface area contributed by atoms with E-state index >= 15 is 0 Å². The topological polar surface area (TPSA) is 12.4 Å². The van der Waals surface area contributed by atoms with E-state index in [1.54, 1.807) is 16.7 Å². The van der Waals surface area contributed by atoms with Crippen molar-refractivity contribution in [2.45, 2.75) is 58.8 Å². The standard InChI is InChI=1S/C52H45N/c1-33-25-27-41-45-29-28-44(51-50(52(45)51)43-24-14-12-22-40(43)47(41)31-33)39-21-10-9-19-37(39)38-20-11-13-23-42(38)48-30-26-34(2)46(35-15-5-3-6-16-35)32-49(53-48)36-17-7-4-8-18-36/h3-5,7-9,13,15,17-19,23,25,27-32,34,40-41,43,47,52H,10,12,14,21-22,24,26H2,1-2H3/b46-32+,48-30+,53-49-. The highest BCUT2D eigenvalue weighted by atomic mass is 14.8. The fourth-order valence-corrected chi connectivity index (χ4v) is 10.5. The van der Waals surface area contributed by atoms with E-state index in [1.807, 2.05) is 18.2 Å². The van der Waals surface area contributed by atoms with Crippen LogP contribution in [0.2, 0.25) is 0 Å². The lowest BCUT2D eigenvalue weighted by atomic mass is 9.66. The van der Waals surface area contributed by atoms with E-state index in [-0.39, 0.29) is 5.92 Å². The number of nitrogens with zero attached hydrogens (tertiary/aromatic N) is 1. The summed E-state index contributed by atoms with van der Waals surface area (Å²) in [7, 11) is 0. The van der Waals surface area contributed by atoms with Gasteiger partial charge in [-0.2, -0.15) is 0 Å². The molecule has 1 heteroatoms. The Labute approximate surface area is 316 Å². The van der Waals surface area contributed by atoms with Gasteiger partial charge in [0, 0.05) is 34.1 Å². The predicted molar refractivity (Wildman–Crippen MR) is 218 cm³/mol. The van der Waals surface area contributed by atoms with Crippen LogP contribution in [0.1, 0.15) is 81.0 Å². The van der Waals surface area contributed by atoms with Gasteiger partial charge in [-0.15, -0.1) is 0 Å². The lowest BCUT2D eigenvalue weighted by Crippen LogP contribution is -2.30. The third kappa shape index (κ3) is 5.61. The maximum atomic E-state index is 5.50. The number of hydrogen-bond acceptors (Lipinski definition) is 1. The molecule has 1 heterocycles. The number of benzene rings is 1. The molecule has 3 aromatic carbocycles. The van der Waals surface area contributed by atoms with Crippen LogP contribution in [0.15, 0.2) is 154 Å². The molecule has 0 amide bonds. The van der Waals surface area contributed by atoms with Crippen LogP contribution in [0.5, 0.6) is 0 Å². The molecule has 53 heavy (non-hydrogen) atoms. The van der Waals surface area contributed by atoms with Crippen LogP contribution < -0.4 is 0 Å². The molecular formula is C52H45N. The third-order valence-electron chi connectivity index (χ3n) is 13.0. The zero-order valence-electron chi connectivity index (χ0n) is 30.8. The van der Waals surface area contributed by atoms with Gasteiger partial charge >= 0.3 is 0 Å². The highest BCUT2D eigenvalue weighted by Crippen LogP contribution is 2.66. The predicted octanol–water partition coefficient (Wildman–Crippen LogP) is 12.3. The first kappa shape index (κ1) is 32.3. The molecule has 1 aliphatic heterocycles. The number of rotatable bonds is 5. The summed E-state index contributed by atoms with van der Waals surface area (Å²) in [6, 6.07) is 34.5. The SMILES string of the molecule is CC1=CC2C(C=C1)C1=CC=C(C3=C(c4c#cccc4C4=C/CC(C)\C(c5c#cccc5)=C/C(c5ccccc5)=N/4)C=CCC3)C3=C(C13)C1CCCCC12. The molecule has 0 spiro atoms. The van der Waals surface area contributed by atoms with Crippen molar-refractivity contribution in [3.63, 3.8) is 0 Å². The minimum atomic E-state index is 0.282. The van der Waals surface area contributed by atoms with Gasteiger partial charge in [-0.3, -0.25) is 0 Å². The van der Waals surface area contributed by atoms with Crippen molar-refractivity contribution in [2.24, 2.45) is 40.5 Å². The molecule has 0 saturated heterocycles. The highest BCUT2D eigenvalue weighted by molar-refractivity contribution is 6.14. The summed E-state index contributed by atoms with van der Waals surface area (Å²) in [5.74, 6) is 3.47. The lowest BCUT2D eigenvalue weighted by Gasteiger charge is -2.39. The molecule has 258 valence electrons. The van der Waals surface area contributed by atoms with E-state index in [2.05, 4.69) is 135 Å². The Morgan fingerprint density at radius 3 is 2.66 bits per heavy atom. The van der Waals surface area contributed by atoms with Crippen molar-refractivity contribution in [2.75, 3.05) is 0 Å². The van der Waals surface area contributed by atoms with Crippen molar-refractivity contribution >= 4 is 22.6 Å². The molecule has 0 aromatic heterocycles. The second-order valence-corrected chi connectivity index (χ2v) is 16.1. The molecule has 2 fully saturated rings. The van der Waals surface area contributed by atoms with E-state index in [0.29, 0.717) is 23.7 Å². The first-order chi connectivity index (χ1) is 26.1. The Kier molecular flexibility index (Phi) is 8.07. The lowest BCUT2D eigenvalue weighted by molar-refractivity contribution is 0.204. The summed E-state index contributed by atoms with van der Waals surface area (Å²) >= 11 is 0. The Hall–Kier alpha value is -5.37. The molecule has 10 rings (SSSR count). The largest absolute Gasteiger partial charge is 0.248 e. The fourth-order valence-electron chi connectivity index (χ4n) is 10.5. The molecule has 6 unspecified atom stereocenters. The summed E-state index contributed by atoms with van der Waals surface area (Å²) in [5.41, 5.74) is 18.4. The van der Waals surface area contributed by atoms with Gasteiger partial charge < -0.3 is 0 Å². The first-order valence-electron chi connectivity index (χ1n) is 19.9. The van der Waals surface area contributed by atoms with Crippen LogP contribution in [-0.4, -0.2) is 5.71 Å². The van der Waals surface area contributed by atoms with Gasteiger partial charge in [-0.25, -0.2) is 4.99 Å². The molecule has 6 aliphatic carbocycles. The monoisotopic (exact) mass is 683 g/mol.